The molecule has 0 unspecified atom stereocenters. The fourth-order valence-corrected chi connectivity index (χ4v) is 4.13. The van der Waals surface area contributed by atoms with Gasteiger partial charge in [-0.25, -0.2) is 0 Å². The van der Waals surface area contributed by atoms with Gasteiger partial charge in [0, 0.05) is 6.54 Å². The Balaban J connectivity index is 1.38. The maximum atomic E-state index is 12.5. The van der Waals surface area contributed by atoms with E-state index in [4.69, 9.17) is 9.47 Å². The molecule has 1 amide bonds. The van der Waals surface area contributed by atoms with Crippen molar-refractivity contribution in [2.45, 2.75) is 19.6 Å². The second-order valence-electron chi connectivity index (χ2n) is 7.22. The van der Waals surface area contributed by atoms with Crippen molar-refractivity contribution in [1.29, 1.82) is 0 Å². The molecule has 7 heteroatoms. The standard InChI is InChI=1S/C25H25N3O3S/c1-30-20-9-7-18(8-10-20)15-27-24-22(16-26-21-12-14-32-25(21)24)28-23(29)11-13-31-17-19-5-3-2-4-6-19/h2-10,12,14,16H,11,13,15,17H2,1H3,(H,26,27)(H,28,29). The van der Waals surface area contributed by atoms with Crippen LogP contribution in [0.2, 0.25) is 0 Å². The first-order valence-corrected chi connectivity index (χ1v) is 11.3. The summed E-state index contributed by atoms with van der Waals surface area (Å²) in [5.41, 5.74) is 4.64. The quantitative estimate of drug-likeness (QED) is 0.316. The van der Waals surface area contributed by atoms with Gasteiger partial charge in [0.15, 0.2) is 0 Å². The number of rotatable bonds is 10. The number of fused-ring (bicyclic) bond motifs is 1. The molecule has 0 atom stereocenters. The van der Waals surface area contributed by atoms with E-state index in [0.717, 1.165) is 32.8 Å². The molecular weight excluding hydrogens is 422 g/mol. The topological polar surface area (TPSA) is 72.5 Å². The Kier molecular flexibility index (Phi) is 7.32. The van der Waals surface area contributed by atoms with Crippen LogP contribution in [0.1, 0.15) is 17.5 Å². The third-order valence-electron chi connectivity index (χ3n) is 4.96. The number of aromatic nitrogens is 1. The molecule has 0 fully saturated rings. The summed E-state index contributed by atoms with van der Waals surface area (Å²) in [6, 6.07) is 19.8. The van der Waals surface area contributed by atoms with Gasteiger partial charge in [-0.3, -0.25) is 9.78 Å². The van der Waals surface area contributed by atoms with Gasteiger partial charge in [0.05, 0.1) is 54.5 Å². The number of nitrogens with one attached hydrogen (secondary N) is 2. The van der Waals surface area contributed by atoms with E-state index in [-0.39, 0.29) is 12.3 Å². The van der Waals surface area contributed by atoms with Crippen LogP contribution in [-0.2, 0) is 22.7 Å². The molecule has 0 saturated carbocycles. The Bertz CT molecular complexity index is 1160. The minimum absolute atomic E-state index is 0.108. The molecule has 0 saturated heterocycles. The van der Waals surface area contributed by atoms with Crippen LogP contribution in [0, 0.1) is 0 Å². The fraction of sp³-hybridized carbons (Fsp3) is 0.200. The van der Waals surface area contributed by atoms with Crippen molar-refractivity contribution in [2.75, 3.05) is 24.4 Å². The van der Waals surface area contributed by atoms with E-state index in [0.29, 0.717) is 25.4 Å². The molecule has 164 valence electrons. The van der Waals surface area contributed by atoms with E-state index in [2.05, 4.69) is 15.6 Å². The fourth-order valence-electron chi connectivity index (χ4n) is 3.26. The zero-order valence-electron chi connectivity index (χ0n) is 17.8. The number of methoxy groups -OCH3 is 1. The summed E-state index contributed by atoms with van der Waals surface area (Å²) in [6.45, 7) is 1.46. The molecule has 0 bridgehead atoms. The molecule has 0 aliphatic carbocycles. The third kappa shape index (κ3) is 5.63. The average Bonchev–Trinajstić information content (AvgIpc) is 3.31. The summed E-state index contributed by atoms with van der Waals surface area (Å²) in [4.78, 5) is 17.0. The Labute approximate surface area is 191 Å². The summed E-state index contributed by atoms with van der Waals surface area (Å²) >= 11 is 1.59. The van der Waals surface area contributed by atoms with Gasteiger partial charge >= 0.3 is 0 Å². The Morgan fingerprint density at radius 1 is 1.03 bits per heavy atom. The van der Waals surface area contributed by atoms with Crippen LogP contribution in [0.25, 0.3) is 10.2 Å². The van der Waals surface area contributed by atoms with E-state index in [9.17, 15) is 4.79 Å². The molecule has 0 aliphatic heterocycles. The van der Waals surface area contributed by atoms with Crippen LogP contribution >= 0.6 is 11.3 Å². The predicted octanol–water partition coefficient (Wildman–Crippen LogP) is 5.46. The van der Waals surface area contributed by atoms with Crippen molar-refractivity contribution in [1.82, 2.24) is 4.98 Å². The largest absolute Gasteiger partial charge is 0.497 e. The summed E-state index contributed by atoms with van der Waals surface area (Å²) < 4.78 is 11.9. The van der Waals surface area contributed by atoms with Crippen LogP contribution in [0.15, 0.2) is 72.2 Å². The van der Waals surface area contributed by atoms with Crippen LogP contribution in [0.4, 0.5) is 11.4 Å². The van der Waals surface area contributed by atoms with Crippen LogP contribution in [0.3, 0.4) is 0 Å². The highest BCUT2D eigenvalue weighted by atomic mass is 32.1. The second kappa shape index (κ2) is 10.7. The van der Waals surface area contributed by atoms with Gasteiger partial charge in [-0.15, -0.1) is 11.3 Å². The van der Waals surface area contributed by atoms with Crippen LogP contribution < -0.4 is 15.4 Å². The van der Waals surface area contributed by atoms with Gasteiger partial charge in [-0.05, 0) is 34.7 Å². The number of anilines is 2. The lowest BCUT2D eigenvalue weighted by atomic mass is 10.2. The molecule has 4 aromatic rings. The molecule has 0 spiro atoms. The molecule has 6 nitrogen and oxygen atoms in total. The zero-order chi connectivity index (χ0) is 22.2. The van der Waals surface area contributed by atoms with E-state index in [1.54, 1.807) is 24.6 Å². The number of thiophene rings is 1. The van der Waals surface area contributed by atoms with E-state index < -0.39 is 0 Å². The maximum Gasteiger partial charge on any atom is 0.226 e. The number of carbonyl (C=O) groups excluding carboxylic acids is 1. The monoisotopic (exact) mass is 447 g/mol. The number of nitrogens with zero attached hydrogens (tertiary/aromatic N) is 1. The molecule has 2 heterocycles. The number of hydrogen-bond acceptors (Lipinski definition) is 6. The van der Waals surface area contributed by atoms with Crippen molar-refractivity contribution in [2.24, 2.45) is 0 Å². The summed E-state index contributed by atoms with van der Waals surface area (Å²) in [7, 11) is 1.65. The maximum absolute atomic E-state index is 12.5. The molecule has 2 aromatic heterocycles. The van der Waals surface area contributed by atoms with Crippen molar-refractivity contribution in [3.05, 3.63) is 83.4 Å². The van der Waals surface area contributed by atoms with Gasteiger partial charge in [-0.2, -0.15) is 0 Å². The average molecular weight is 448 g/mol. The normalized spacial score (nSPS) is 10.8. The smallest absolute Gasteiger partial charge is 0.226 e. The van der Waals surface area contributed by atoms with E-state index in [1.807, 2.05) is 66.0 Å². The molecule has 0 aliphatic rings. The molecule has 4 rings (SSSR count). The number of benzene rings is 2. The molecule has 0 radical (unpaired) electrons. The predicted molar refractivity (Wildman–Crippen MR) is 129 cm³/mol. The number of amides is 1. The summed E-state index contributed by atoms with van der Waals surface area (Å²) in [5.74, 6) is 0.712. The number of ether oxygens (including phenoxy) is 2. The Morgan fingerprint density at radius 2 is 1.84 bits per heavy atom. The minimum atomic E-state index is -0.108. The van der Waals surface area contributed by atoms with Gasteiger partial charge in [0.2, 0.25) is 5.91 Å². The van der Waals surface area contributed by atoms with Gasteiger partial charge in [-0.1, -0.05) is 42.5 Å². The van der Waals surface area contributed by atoms with Crippen LogP contribution in [-0.4, -0.2) is 24.6 Å². The highest BCUT2D eigenvalue weighted by Crippen LogP contribution is 2.34. The van der Waals surface area contributed by atoms with Crippen molar-refractivity contribution in [3.8, 4) is 5.75 Å². The SMILES string of the molecule is COc1ccc(CNc2c(NC(=O)CCOCc3ccccc3)cnc3ccsc23)cc1. The molecule has 32 heavy (non-hydrogen) atoms. The van der Waals surface area contributed by atoms with E-state index in [1.165, 1.54) is 0 Å². The lowest BCUT2D eigenvalue weighted by Crippen LogP contribution is -2.16. The highest BCUT2D eigenvalue weighted by molar-refractivity contribution is 7.17. The first-order chi connectivity index (χ1) is 15.7. The first-order valence-electron chi connectivity index (χ1n) is 10.4. The highest BCUT2D eigenvalue weighted by Gasteiger charge is 2.13. The lowest BCUT2D eigenvalue weighted by molar-refractivity contribution is -0.117. The third-order valence-corrected chi connectivity index (χ3v) is 5.88. The van der Waals surface area contributed by atoms with E-state index >= 15 is 0 Å². The summed E-state index contributed by atoms with van der Waals surface area (Å²) in [6.07, 6.45) is 1.97. The van der Waals surface area contributed by atoms with Gasteiger partial charge < -0.3 is 20.1 Å². The number of pyridine rings is 1. The molecular formula is C25H25N3O3S. The van der Waals surface area contributed by atoms with Gasteiger partial charge in [0.1, 0.15) is 5.75 Å². The Morgan fingerprint density at radius 3 is 2.62 bits per heavy atom. The Hall–Kier alpha value is -3.42. The number of carbonyl (C=O) groups is 1. The van der Waals surface area contributed by atoms with Gasteiger partial charge in [0.25, 0.3) is 0 Å². The lowest BCUT2D eigenvalue weighted by Gasteiger charge is -2.14. The molecule has 2 N–H and O–H groups in total. The number of hydrogen-bond donors (Lipinski definition) is 2. The van der Waals surface area contributed by atoms with Crippen molar-refractivity contribution >= 4 is 38.8 Å². The first kappa shape index (κ1) is 21.8. The van der Waals surface area contributed by atoms with Crippen molar-refractivity contribution < 1.29 is 14.3 Å². The minimum Gasteiger partial charge on any atom is -0.497 e. The van der Waals surface area contributed by atoms with Crippen molar-refractivity contribution in [3.63, 3.8) is 0 Å². The van der Waals surface area contributed by atoms with Crippen LogP contribution in [0.5, 0.6) is 5.75 Å². The summed E-state index contributed by atoms with van der Waals surface area (Å²) in [5, 5.41) is 8.46. The zero-order valence-corrected chi connectivity index (χ0v) is 18.7. The molecule has 2 aromatic carbocycles. The second-order valence-corrected chi connectivity index (χ2v) is 8.14.